The van der Waals surface area contributed by atoms with E-state index in [1.807, 2.05) is 38.1 Å². The Balaban J connectivity index is 2.89. The van der Waals surface area contributed by atoms with Gasteiger partial charge in [-0.05, 0) is 31.9 Å². The van der Waals surface area contributed by atoms with Crippen molar-refractivity contribution in [3.63, 3.8) is 0 Å². The minimum atomic E-state index is -1.02. The van der Waals surface area contributed by atoms with E-state index < -0.39 is 12.0 Å². The van der Waals surface area contributed by atoms with Crippen LogP contribution >= 0.6 is 0 Å². The monoisotopic (exact) mass is 264 g/mol. The molecule has 0 aliphatic rings. The summed E-state index contributed by atoms with van der Waals surface area (Å²) in [4.78, 5) is 24.6. The van der Waals surface area contributed by atoms with E-state index in [0.717, 1.165) is 11.3 Å². The van der Waals surface area contributed by atoms with E-state index in [2.05, 4.69) is 5.32 Å². The van der Waals surface area contributed by atoms with Crippen LogP contribution in [0.15, 0.2) is 24.3 Å². The van der Waals surface area contributed by atoms with Gasteiger partial charge in [0, 0.05) is 12.2 Å². The summed E-state index contributed by atoms with van der Waals surface area (Å²) in [5.74, 6) is -1.02. The highest BCUT2D eigenvalue weighted by molar-refractivity contribution is 5.95. The summed E-state index contributed by atoms with van der Waals surface area (Å²) in [6.45, 7) is 5.98. The normalized spacial score (nSPS) is 11.7. The summed E-state index contributed by atoms with van der Waals surface area (Å²) in [6, 6.07) is 6.28. The minimum Gasteiger partial charge on any atom is -0.480 e. The second kappa shape index (κ2) is 6.78. The number of nitrogens with zero attached hydrogens (tertiary/aromatic N) is 1. The van der Waals surface area contributed by atoms with Crippen LogP contribution in [0.25, 0.3) is 0 Å². The van der Waals surface area contributed by atoms with Crippen LogP contribution in [-0.2, 0) is 4.79 Å². The lowest BCUT2D eigenvalue weighted by Crippen LogP contribution is -2.48. The number of carboxylic acid groups (broad SMARTS) is 1. The third kappa shape index (κ3) is 3.71. The van der Waals surface area contributed by atoms with Crippen molar-refractivity contribution in [1.29, 1.82) is 0 Å². The smallest absolute Gasteiger partial charge is 0.326 e. The van der Waals surface area contributed by atoms with E-state index in [4.69, 9.17) is 5.11 Å². The number of hydrogen-bond acceptors (Lipinski definition) is 2. The molecule has 0 saturated heterocycles. The van der Waals surface area contributed by atoms with Crippen molar-refractivity contribution in [2.24, 2.45) is 0 Å². The molecule has 1 rings (SSSR count). The number of urea groups is 1. The molecule has 2 N–H and O–H groups in total. The predicted octanol–water partition coefficient (Wildman–Crippen LogP) is 2.39. The largest absolute Gasteiger partial charge is 0.480 e. The Hall–Kier alpha value is -2.04. The van der Waals surface area contributed by atoms with Crippen molar-refractivity contribution in [1.82, 2.24) is 5.32 Å². The van der Waals surface area contributed by atoms with Crippen molar-refractivity contribution in [3.05, 3.63) is 29.8 Å². The van der Waals surface area contributed by atoms with Gasteiger partial charge in [-0.25, -0.2) is 9.59 Å². The molecule has 0 bridgehead atoms. The first kappa shape index (κ1) is 15.0. The number of para-hydroxylation sites is 1. The van der Waals surface area contributed by atoms with E-state index in [1.54, 1.807) is 11.8 Å². The van der Waals surface area contributed by atoms with Crippen LogP contribution in [0.2, 0.25) is 0 Å². The van der Waals surface area contributed by atoms with Gasteiger partial charge in [-0.1, -0.05) is 25.1 Å². The zero-order chi connectivity index (χ0) is 14.4. The number of nitrogens with one attached hydrogen (secondary N) is 1. The molecule has 1 aromatic rings. The first-order valence-electron chi connectivity index (χ1n) is 6.37. The average Bonchev–Trinajstić information content (AvgIpc) is 2.38. The van der Waals surface area contributed by atoms with E-state index >= 15 is 0 Å². The van der Waals surface area contributed by atoms with Crippen LogP contribution in [0.3, 0.4) is 0 Å². The molecule has 19 heavy (non-hydrogen) atoms. The van der Waals surface area contributed by atoms with Crippen LogP contribution in [0, 0.1) is 6.92 Å². The summed E-state index contributed by atoms with van der Waals surface area (Å²) < 4.78 is 0. The molecule has 0 spiro atoms. The van der Waals surface area contributed by atoms with Crippen molar-refractivity contribution in [3.8, 4) is 0 Å². The predicted molar refractivity (Wildman–Crippen MR) is 74.4 cm³/mol. The van der Waals surface area contributed by atoms with E-state index in [0.29, 0.717) is 13.0 Å². The van der Waals surface area contributed by atoms with Crippen molar-refractivity contribution >= 4 is 17.7 Å². The van der Waals surface area contributed by atoms with E-state index in [9.17, 15) is 9.59 Å². The third-order valence-corrected chi connectivity index (χ3v) is 2.97. The molecule has 1 aromatic carbocycles. The van der Waals surface area contributed by atoms with Crippen molar-refractivity contribution < 1.29 is 14.7 Å². The second-order valence-corrected chi connectivity index (χ2v) is 4.28. The molecule has 0 unspecified atom stereocenters. The number of amides is 2. The third-order valence-electron chi connectivity index (χ3n) is 2.97. The van der Waals surface area contributed by atoms with Gasteiger partial charge in [-0.15, -0.1) is 0 Å². The number of aryl methyl sites for hydroxylation is 1. The number of hydrogen-bond donors (Lipinski definition) is 2. The Kier molecular flexibility index (Phi) is 5.36. The molecule has 0 aliphatic carbocycles. The van der Waals surface area contributed by atoms with Gasteiger partial charge < -0.3 is 10.4 Å². The van der Waals surface area contributed by atoms with Gasteiger partial charge in [-0.3, -0.25) is 4.90 Å². The number of anilines is 1. The number of carboxylic acids is 1. The maximum atomic E-state index is 12.2. The molecule has 5 heteroatoms. The number of carbonyl (C=O) groups is 2. The standard InChI is InChI=1S/C14H20N2O3/c1-4-11(13(17)18)15-14(19)16(5-2)12-9-7-6-8-10(12)3/h6-9,11H,4-5H2,1-3H3,(H,15,19)(H,17,18)/t11-/m1/s1. The fourth-order valence-electron chi connectivity index (χ4n) is 1.86. The zero-order valence-corrected chi connectivity index (χ0v) is 11.5. The Morgan fingerprint density at radius 3 is 2.42 bits per heavy atom. The minimum absolute atomic E-state index is 0.354. The number of benzene rings is 1. The van der Waals surface area contributed by atoms with Gasteiger partial charge in [0.1, 0.15) is 6.04 Å². The maximum Gasteiger partial charge on any atom is 0.326 e. The van der Waals surface area contributed by atoms with Crippen LogP contribution in [-0.4, -0.2) is 29.7 Å². The molecule has 0 aromatic heterocycles. The molecule has 0 fully saturated rings. The van der Waals surface area contributed by atoms with Crippen molar-refractivity contribution in [2.75, 3.05) is 11.4 Å². The van der Waals surface area contributed by atoms with E-state index in [1.165, 1.54) is 0 Å². The molecule has 0 aliphatic heterocycles. The van der Waals surface area contributed by atoms with Gasteiger partial charge in [0.05, 0.1) is 0 Å². The highest BCUT2D eigenvalue weighted by Crippen LogP contribution is 2.19. The summed E-state index contributed by atoms with van der Waals surface area (Å²) >= 11 is 0. The Labute approximate surface area is 113 Å². The second-order valence-electron chi connectivity index (χ2n) is 4.28. The lowest BCUT2D eigenvalue weighted by Gasteiger charge is -2.25. The topological polar surface area (TPSA) is 69.6 Å². The molecule has 2 amide bonds. The first-order valence-corrected chi connectivity index (χ1v) is 6.37. The lowest BCUT2D eigenvalue weighted by molar-refractivity contribution is -0.139. The SMILES string of the molecule is CC[C@@H](NC(=O)N(CC)c1ccccc1C)C(=O)O. The van der Waals surface area contributed by atoms with Gasteiger partial charge in [-0.2, -0.15) is 0 Å². The highest BCUT2D eigenvalue weighted by atomic mass is 16.4. The summed E-state index contributed by atoms with van der Waals surface area (Å²) in [7, 11) is 0. The number of aliphatic carboxylic acids is 1. The van der Waals surface area contributed by atoms with Gasteiger partial charge >= 0.3 is 12.0 Å². The zero-order valence-electron chi connectivity index (χ0n) is 11.5. The molecule has 104 valence electrons. The number of rotatable bonds is 5. The average molecular weight is 264 g/mol. The van der Waals surface area contributed by atoms with Crippen LogP contribution < -0.4 is 10.2 Å². The molecule has 0 saturated carbocycles. The van der Waals surface area contributed by atoms with E-state index in [-0.39, 0.29) is 6.03 Å². The molecular formula is C14H20N2O3. The van der Waals surface area contributed by atoms with Crippen LogP contribution in [0.1, 0.15) is 25.8 Å². The fraction of sp³-hybridized carbons (Fsp3) is 0.429. The molecule has 1 atom stereocenters. The molecule has 0 radical (unpaired) electrons. The first-order chi connectivity index (χ1) is 9.01. The Morgan fingerprint density at radius 2 is 1.95 bits per heavy atom. The highest BCUT2D eigenvalue weighted by Gasteiger charge is 2.22. The quantitative estimate of drug-likeness (QED) is 0.858. The Morgan fingerprint density at radius 1 is 1.32 bits per heavy atom. The molecular weight excluding hydrogens is 244 g/mol. The van der Waals surface area contributed by atoms with Crippen LogP contribution in [0.4, 0.5) is 10.5 Å². The van der Waals surface area contributed by atoms with Gasteiger partial charge in [0.25, 0.3) is 0 Å². The summed E-state index contributed by atoms with van der Waals surface area (Å²) in [5, 5.41) is 11.5. The van der Waals surface area contributed by atoms with Crippen LogP contribution in [0.5, 0.6) is 0 Å². The fourth-order valence-corrected chi connectivity index (χ4v) is 1.86. The molecule has 5 nitrogen and oxygen atoms in total. The Bertz CT molecular complexity index is 460. The molecule has 0 heterocycles. The lowest BCUT2D eigenvalue weighted by atomic mass is 10.2. The number of carbonyl (C=O) groups excluding carboxylic acids is 1. The summed E-state index contributed by atoms with van der Waals surface area (Å²) in [6.07, 6.45) is 0.354. The van der Waals surface area contributed by atoms with Gasteiger partial charge in [0.15, 0.2) is 0 Å². The van der Waals surface area contributed by atoms with Gasteiger partial charge in [0.2, 0.25) is 0 Å². The summed E-state index contributed by atoms with van der Waals surface area (Å²) in [5.41, 5.74) is 1.77. The maximum absolute atomic E-state index is 12.2. The van der Waals surface area contributed by atoms with Crippen molar-refractivity contribution in [2.45, 2.75) is 33.2 Å².